The third-order valence-corrected chi connectivity index (χ3v) is 2.65. The fraction of sp³-hybridized carbons (Fsp3) is 0.571. The van der Waals surface area contributed by atoms with Gasteiger partial charge in [-0.2, -0.15) is 5.10 Å². The Morgan fingerprint density at radius 3 is 2.82 bits per heavy atom. The maximum atomic E-state index is 5.63. The van der Waals surface area contributed by atoms with E-state index in [4.69, 9.17) is 5.73 Å². The number of halogens is 1. The van der Waals surface area contributed by atoms with Crippen LogP contribution in [0.15, 0.2) is 16.9 Å². The van der Waals surface area contributed by atoms with Crippen molar-refractivity contribution >= 4 is 15.9 Å². The van der Waals surface area contributed by atoms with Crippen LogP contribution < -0.4 is 5.73 Å². The lowest BCUT2D eigenvalue weighted by molar-refractivity contribution is 0.441. The predicted octanol–water partition coefficient (Wildman–Crippen LogP) is 1.09. The molecule has 0 radical (unpaired) electrons. The molecule has 1 aromatic rings. The van der Waals surface area contributed by atoms with E-state index in [9.17, 15) is 0 Å². The van der Waals surface area contributed by atoms with Crippen LogP contribution in [0.4, 0.5) is 0 Å². The van der Waals surface area contributed by atoms with Crippen molar-refractivity contribution in [2.45, 2.75) is 18.4 Å². The van der Waals surface area contributed by atoms with Crippen LogP contribution >= 0.6 is 15.9 Å². The number of hydrogen-bond acceptors (Lipinski definition) is 2. The lowest BCUT2D eigenvalue weighted by Gasteiger charge is -2.11. The molecule has 1 heterocycles. The third-order valence-electron chi connectivity index (χ3n) is 2.24. The van der Waals surface area contributed by atoms with Gasteiger partial charge in [0, 0.05) is 12.7 Å². The molecule has 60 valence electrons. The summed E-state index contributed by atoms with van der Waals surface area (Å²) in [5.74, 6) is 0. The van der Waals surface area contributed by atoms with Crippen LogP contribution in [-0.4, -0.2) is 16.3 Å². The van der Waals surface area contributed by atoms with E-state index in [2.05, 4.69) is 21.0 Å². The molecule has 2 N–H and O–H groups in total. The van der Waals surface area contributed by atoms with Gasteiger partial charge in [-0.05, 0) is 28.8 Å². The summed E-state index contributed by atoms with van der Waals surface area (Å²) in [5.41, 5.74) is 5.79. The summed E-state index contributed by atoms with van der Waals surface area (Å²) >= 11 is 3.36. The summed E-state index contributed by atoms with van der Waals surface area (Å²) < 4.78 is 2.99. The molecular formula is C7H10BrN3. The SMILES string of the molecule is NCC1(n2cc(Br)cn2)CC1. The zero-order valence-corrected chi connectivity index (χ0v) is 7.71. The van der Waals surface area contributed by atoms with Crippen LogP contribution in [0.2, 0.25) is 0 Å². The molecule has 0 aliphatic heterocycles. The largest absolute Gasteiger partial charge is 0.328 e. The summed E-state index contributed by atoms with van der Waals surface area (Å²) in [4.78, 5) is 0. The first-order chi connectivity index (χ1) is 5.27. The lowest BCUT2D eigenvalue weighted by atomic mass is 10.3. The van der Waals surface area contributed by atoms with Crippen molar-refractivity contribution in [3.63, 3.8) is 0 Å². The first-order valence-electron chi connectivity index (χ1n) is 3.68. The van der Waals surface area contributed by atoms with E-state index < -0.39 is 0 Å². The van der Waals surface area contributed by atoms with E-state index in [1.807, 2.05) is 10.9 Å². The van der Waals surface area contributed by atoms with Gasteiger partial charge in [0.2, 0.25) is 0 Å². The fourth-order valence-corrected chi connectivity index (χ4v) is 1.52. The number of nitrogens with zero attached hydrogens (tertiary/aromatic N) is 2. The summed E-state index contributed by atoms with van der Waals surface area (Å²) in [6.07, 6.45) is 6.12. The van der Waals surface area contributed by atoms with E-state index in [-0.39, 0.29) is 5.54 Å². The molecule has 1 aromatic heterocycles. The molecular weight excluding hydrogens is 206 g/mol. The van der Waals surface area contributed by atoms with Crippen LogP contribution in [0, 0.1) is 0 Å². The highest BCUT2D eigenvalue weighted by Crippen LogP contribution is 2.42. The van der Waals surface area contributed by atoms with E-state index in [0.29, 0.717) is 6.54 Å². The van der Waals surface area contributed by atoms with Crippen LogP contribution in [-0.2, 0) is 5.54 Å². The summed E-state index contributed by atoms with van der Waals surface area (Å²) in [6.45, 7) is 0.696. The van der Waals surface area contributed by atoms with Crippen molar-refractivity contribution in [1.82, 2.24) is 9.78 Å². The highest BCUT2D eigenvalue weighted by Gasteiger charge is 2.43. The van der Waals surface area contributed by atoms with Crippen LogP contribution in [0.1, 0.15) is 12.8 Å². The quantitative estimate of drug-likeness (QED) is 0.804. The average Bonchev–Trinajstić information content (AvgIpc) is 2.70. The number of rotatable bonds is 2. The van der Waals surface area contributed by atoms with Gasteiger partial charge in [-0.1, -0.05) is 0 Å². The molecule has 11 heavy (non-hydrogen) atoms. The van der Waals surface area contributed by atoms with E-state index in [1.165, 1.54) is 0 Å². The zero-order chi connectivity index (χ0) is 7.90. The Labute approximate surface area is 73.7 Å². The third kappa shape index (κ3) is 1.10. The fourth-order valence-electron chi connectivity index (χ4n) is 1.23. The Kier molecular flexibility index (Phi) is 1.54. The highest BCUT2D eigenvalue weighted by atomic mass is 79.9. The minimum Gasteiger partial charge on any atom is -0.328 e. The second-order valence-electron chi connectivity index (χ2n) is 3.03. The molecule has 0 aromatic carbocycles. The Balaban J connectivity index is 2.29. The molecule has 1 aliphatic carbocycles. The Morgan fingerprint density at radius 1 is 1.73 bits per heavy atom. The molecule has 1 fully saturated rings. The maximum Gasteiger partial charge on any atom is 0.0751 e. The molecule has 0 saturated heterocycles. The topological polar surface area (TPSA) is 43.8 Å². The molecule has 0 spiro atoms. The lowest BCUT2D eigenvalue weighted by Crippen LogP contribution is -2.27. The van der Waals surface area contributed by atoms with E-state index in [1.54, 1.807) is 6.20 Å². The van der Waals surface area contributed by atoms with Gasteiger partial charge in [0.25, 0.3) is 0 Å². The van der Waals surface area contributed by atoms with Crippen molar-refractivity contribution in [2.24, 2.45) is 5.73 Å². The molecule has 4 heteroatoms. The molecule has 0 atom stereocenters. The van der Waals surface area contributed by atoms with Crippen molar-refractivity contribution in [3.8, 4) is 0 Å². The van der Waals surface area contributed by atoms with Crippen molar-refractivity contribution in [1.29, 1.82) is 0 Å². The van der Waals surface area contributed by atoms with Gasteiger partial charge in [0.15, 0.2) is 0 Å². The van der Waals surface area contributed by atoms with Crippen molar-refractivity contribution in [3.05, 3.63) is 16.9 Å². The maximum absolute atomic E-state index is 5.63. The van der Waals surface area contributed by atoms with Gasteiger partial charge >= 0.3 is 0 Å². The van der Waals surface area contributed by atoms with Crippen molar-refractivity contribution in [2.75, 3.05) is 6.54 Å². The van der Waals surface area contributed by atoms with Crippen LogP contribution in [0.25, 0.3) is 0 Å². The minimum atomic E-state index is 0.159. The van der Waals surface area contributed by atoms with Crippen molar-refractivity contribution < 1.29 is 0 Å². The average molecular weight is 216 g/mol. The van der Waals surface area contributed by atoms with Crippen LogP contribution in [0.3, 0.4) is 0 Å². The molecule has 2 rings (SSSR count). The highest BCUT2D eigenvalue weighted by molar-refractivity contribution is 9.10. The molecule has 0 unspecified atom stereocenters. The van der Waals surface area contributed by atoms with E-state index in [0.717, 1.165) is 17.3 Å². The van der Waals surface area contributed by atoms with Gasteiger partial charge in [0.05, 0.1) is 16.2 Å². The zero-order valence-electron chi connectivity index (χ0n) is 6.13. The second kappa shape index (κ2) is 2.32. The second-order valence-corrected chi connectivity index (χ2v) is 3.95. The summed E-state index contributed by atoms with van der Waals surface area (Å²) in [7, 11) is 0. The summed E-state index contributed by atoms with van der Waals surface area (Å²) in [5, 5.41) is 4.21. The van der Waals surface area contributed by atoms with E-state index >= 15 is 0 Å². The predicted molar refractivity (Wildman–Crippen MR) is 46.2 cm³/mol. The molecule has 0 amide bonds. The number of hydrogen-bond donors (Lipinski definition) is 1. The Hall–Kier alpha value is -0.350. The smallest absolute Gasteiger partial charge is 0.0751 e. The molecule has 1 saturated carbocycles. The number of aromatic nitrogens is 2. The summed E-state index contributed by atoms with van der Waals surface area (Å²) in [6, 6.07) is 0. The van der Waals surface area contributed by atoms with Gasteiger partial charge < -0.3 is 5.73 Å². The first-order valence-corrected chi connectivity index (χ1v) is 4.47. The Bertz CT molecular complexity index is 264. The first kappa shape index (κ1) is 7.31. The monoisotopic (exact) mass is 215 g/mol. The van der Waals surface area contributed by atoms with Gasteiger partial charge in [0.1, 0.15) is 0 Å². The Morgan fingerprint density at radius 2 is 2.45 bits per heavy atom. The van der Waals surface area contributed by atoms with Gasteiger partial charge in [-0.3, -0.25) is 4.68 Å². The minimum absolute atomic E-state index is 0.159. The number of nitrogens with two attached hydrogens (primary N) is 1. The van der Waals surface area contributed by atoms with Gasteiger partial charge in [-0.15, -0.1) is 0 Å². The van der Waals surface area contributed by atoms with Crippen LogP contribution in [0.5, 0.6) is 0 Å². The standard InChI is InChI=1S/C7H10BrN3/c8-6-3-10-11(4-6)7(5-9)1-2-7/h3-4H,1-2,5,9H2. The normalized spacial score (nSPS) is 20.2. The van der Waals surface area contributed by atoms with Gasteiger partial charge in [-0.25, -0.2) is 0 Å². The molecule has 0 bridgehead atoms. The molecule has 1 aliphatic rings. The molecule has 3 nitrogen and oxygen atoms in total.